The van der Waals surface area contributed by atoms with Gasteiger partial charge in [-0.2, -0.15) is 0 Å². The summed E-state index contributed by atoms with van der Waals surface area (Å²) < 4.78 is 65.7. The molecule has 9 N–H and O–H groups in total. The van der Waals surface area contributed by atoms with Gasteiger partial charge in [0, 0.05) is 30.6 Å². The summed E-state index contributed by atoms with van der Waals surface area (Å²) in [5.41, 5.74) is 8.78. The summed E-state index contributed by atoms with van der Waals surface area (Å²) in [4.78, 5) is 28.2. The number of fused-ring (bicyclic) bond motifs is 2. The third-order valence-corrected chi connectivity index (χ3v) is 14.0. The Hall–Kier alpha value is -4.80. The van der Waals surface area contributed by atoms with E-state index in [0.29, 0.717) is 40.7 Å². The molecule has 0 bridgehead atoms. The van der Waals surface area contributed by atoms with E-state index in [1.54, 1.807) is 19.1 Å². The van der Waals surface area contributed by atoms with Gasteiger partial charge in [0.25, 0.3) is 5.56 Å². The lowest BCUT2D eigenvalue weighted by atomic mass is 10.1. The van der Waals surface area contributed by atoms with Crippen LogP contribution >= 0.6 is 24.2 Å². The van der Waals surface area contributed by atoms with Gasteiger partial charge in [0.15, 0.2) is 50.8 Å². The Kier molecular flexibility index (Phi) is 17.8. The molecule has 0 saturated heterocycles. The van der Waals surface area contributed by atoms with Crippen LogP contribution in [0.5, 0.6) is 0 Å². The van der Waals surface area contributed by atoms with E-state index in [2.05, 4.69) is 40.6 Å². The van der Waals surface area contributed by atoms with Gasteiger partial charge in [-0.15, -0.1) is 22.6 Å². The maximum Gasteiger partial charge on any atom is 0.281 e. The number of ether oxygens (including phenoxy) is 2. The van der Waals surface area contributed by atoms with Crippen LogP contribution in [0.1, 0.15) is 85.6 Å². The van der Waals surface area contributed by atoms with E-state index in [9.17, 15) is 42.8 Å². The van der Waals surface area contributed by atoms with Crippen molar-refractivity contribution < 1.29 is 57.7 Å². The Labute approximate surface area is 413 Å². The minimum atomic E-state index is -1.14. The second kappa shape index (κ2) is 23.4. The van der Waals surface area contributed by atoms with Crippen LogP contribution in [0.4, 0.5) is 17.6 Å². The van der Waals surface area contributed by atoms with Gasteiger partial charge in [-0.3, -0.25) is 9.78 Å². The van der Waals surface area contributed by atoms with Gasteiger partial charge < -0.3 is 45.8 Å². The normalized spacial score (nSPS) is 27.5. The Bertz CT molecular complexity index is 2830. The van der Waals surface area contributed by atoms with Crippen molar-refractivity contribution >= 4 is 46.5 Å². The van der Waals surface area contributed by atoms with Crippen molar-refractivity contribution in [2.24, 2.45) is 11.7 Å². The molecule has 26 heteroatoms. The molecule has 4 aromatic heterocycles. The molecule has 4 fully saturated rings. The van der Waals surface area contributed by atoms with E-state index in [4.69, 9.17) is 25.4 Å². The van der Waals surface area contributed by atoms with Crippen LogP contribution in [0.15, 0.2) is 46.3 Å². The van der Waals surface area contributed by atoms with Crippen LogP contribution in [-0.4, -0.2) is 155 Å². The maximum absolute atomic E-state index is 13.6. The highest BCUT2D eigenvalue weighted by Gasteiger charge is 2.46. The standard InChI is InChI=1S/C22H25F2N5O4.C14H21N5O5S.C9H9F2N.ClH/c1-10-25-16(8-12-6-13(12)11-2-3-14(23)15(24)7-11)19-22(26-10)29(28-27-19)17-9-18(33-5-4-30)21(32)20(17)31;1-2-5-25-14-15-12-9(13(23)16-14)17-18-19(12)7-6-8(24-4-3-20)11(22)10(7)21;10-7-2-1-5(3-8(7)11)6-4-9(6)12;/h2-3,7,12-13,17-18,20-21,30-32H,4-6,8-9H2,1H3;7-8,10-11,20-22H,2-6H2,1H3,(H,15,16,23);1-3,6,9H,4,12H2;1H/t12-,13-,17+,18-,20-,21+;7-,8+,10+,11-;6-,9+;/m010./s1. The molecule has 10 rings (SSSR count). The van der Waals surface area contributed by atoms with Crippen LogP contribution in [0.2, 0.25) is 0 Å². The molecular formula is C45H56ClF4N11O9S. The van der Waals surface area contributed by atoms with Crippen molar-refractivity contribution in [3.05, 3.63) is 92.7 Å². The zero-order valence-electron chi connectivity index (χ0n) is 38.5. The molecule has 4 saturated carbocycles. The fourth-order valence-corrected chi connectivity index (χ4v) is 9.77. The van der Waals surface area contributed by atoms with Crippen molar-refractivity contribution in [2.75, 3.05) is 32.2 Å². The summed E-state index contributed by atoms with van der Waals surface area (Å²) >= 11 is 1.42. The first-order valence-corrected chi connectivity index (χ1v) is 24.0. The highest BCUT2D eigenvalue weighted by Crippen LogP contribution is 2.50. The second-order valence-electron chi connectivity index (χ2n) is 17.8. The fraction of sp³-hybridized carbons (Fsp3) is 0.556. The predicted molar refractivity (Wildman–Crippen MR) is 250 cm³/mol. The summed E-state index contributed by atoms with van der Waals surface area (Å²) in [5.74, 6) is -1.39. The summed E-state index contributed by atoms with van der Waals surface area (Å²) in [6, 6.07) is 6.90. The third kappa shape index (κ3) is 12.0. The average Bonchev–Trinajstić information content (AvgIpc) is 4.07. The molecule has 2 aromatic carbocycles. The Morgan fingerprint density at radius 3 is 1.76 bits per heavy atom. The van der Waals surface area contributed by atoms with Crippen molar-refractivity contribution in [1.82, 2.24) is 49.9 Å². The number of H-pyrrole nitrogens is 1. The predicted octanol–water partition coefficient (Wildman–Crippen LogP) is 2.46. The van der Waals surface area contributed by atoms with Gasteiger partial charge in [0.1, 0.15) is 30.2 Å². The molecule has 386 valence electrons. The molecule has 0 aliphatic heterocycles. The minimum Gasteiger partial charge on any atom is -0.394 e. The van der Waals surface area contributed by atoms with Crippen LogP contribution in [-0.2, 0) is 15.9 Å². The monoisotopic (exact) mass is 1040 g/mol. The van der Waals surface area contributed by atoms with Crippen molar-refractivity contribution in [3.63, 3.8) is 0 Å². The summed E-state index contributed by atoms with van der Waals surface area (Å²) in [6.07, 6.45) is -1.98. The molecule has 0 radical (unpaired) electrons. The number of nitrogens with two attached hydrogens (primary N) is 1. The Balaban J connectivity index is 0.000000171. The van der Waals surface area contributed by atoms with E-state index in [1.807, 2.05) is 6.92 Å². The number of aromatic amines is 1. The van der Waals surface area contributed by atoms with E-state index >= 15 is 0 Å². The number of thioether (sulfide) groups is 1. The number of rotatable bonds is 15. The molecule has 12 atom stereocenters. The number of hydrogen-bond donors (Lipinski definition) is 8. The molecule has 4 aliphatic carbocycles. The number of benzene rings is 2. The zero-order chi connectivity index (χ0) is 50.0. The lowest BCUT2D eigenvalue weighted by Gasteiger charge is -2.17. The number of halogens is 5. The molecule has 71 heavy (non-hydrogen) atoms. The number of hydrogen-bond acceptors (Lipinski definition) is 18. The first kappa shape index (κ1) is 54.0. The highest BCUT2D eigenvalue weighted by atomic mass is 35.5. The second-order valence-corrected chi connectivity index (χ2v) is 18.9. The smallest absolute Gasteiger partial charge is 0.281 e. The van der Waals surface area contributed by atoms with Crippen molar-refractivity contribution in [2.45, 2.75) is 124 Å². The lowest BCUT2D eigenvalue weighted by Crippen LogP contribution is -2.33. The first-order chi connectivity index (χ1) is 33.6. The van der Waals surface area contributed by atoms with Gasteiger partial charge in [0.2, 0.25) is 0 Å². The number of aliphatic hydroxyl groups excluding tert-OH is 6. The van der Waals surface area contributed by atoms with E-state index in [1.165, 1.54) is 33.3 Å². The van der Waals surface area contributed by atoms with Crippen LogP contribution in [0.25, 0.3) is 22.3 Å². The third-order valence-electron chi connectivity index (χ3n) is 12.9. The topological polar surface area (TPSA) is 299 Å². The molecule has 0 unspecified atom stereocenters. The highest BCUT2D eigenvalue weighted by molar-refractivity contribution is 7.99. The number of aromatic nitrogens is 10. The zero-order valence-corrected chi connectivity index (χ0v) is 40.1. The number of aryl methyl sites for hydroxylation is 1. The molecule has 0 spiro atoms. The number of nitrogens with one attached hydrogen (secondary N) is 1. The quantitative estimate of drug-likeness (QED) is 0.0416. The lowest BCUT2D eigenvalue weighted by molar-refractivity contribution is -0.0629. The SMILES string of the molecule is CCCSc1nc2c(nnn2[C@@H]2C[C@H](OCCO)[C@@H](O)[C@H]2O)c(=O)[nH]1.Cc1nc(C[C@@H]2C[C@H]2c2ccc(F)c(F)c2)c2nnn([C@@H]3C[C@H](OCCO)[C@@H](O)[C@H]3O)c2n1.Cl.N[C@@H]1C[C@H]1c1ccc(F)c(F)c1. The molecule has 6 aromatic rings. The Morgan fingerprint density at radius 1 is 0.732 bits per heavy atom. The summed E-state index contributed by atoms with van der Waals surface area (Å²) in [5, 5.41) is 76.0. The van der Waals surface area contributed by atoms with Crippen molar-refractivity contribution in [1.29, 1.82) is 0 Å². The average molecular weight is 1040 g/mol. The van der Waals surface area contributed by atoms with Crippen LogP contribution in [0, 0.1) is 36.1 Å². The van der Waals surface area contributed by atoms with Crippen LogP contribution in [0.3, 0.4) is 0 Å². The van der Waals surface area contributed by atoms with Gasteiger partial charge in [-0.1, -0.05) is 41.2 Å². The fourth-order valence-electron chi connectivity index (χ4n) is 9.06. The Morgan fingerprint density at radius 2 is 1.25 bits per heavy atom. The van der Waals surface area contributed by atoms with Gasteiger partial charge in [-0.25, -0.2) is 41.9 Å². The first-order valence-electron chi connectivity index (χ1n) is 23.0. The minimum absolute atomic E-state index is 0. The van der Waals surface area contributed by atoms with Gasteiger partial charge >= 0.3 is 0 Å². The summed E-state index contributed by atoms with van der Waals surface area (Å²) in [7, 11) is 0. The number of nitrogens with zero attached hydrogens (tertiary/aromatic N) is 9. The maximum atomic E-state index is 13.6. The van der Waals surface area contributed by atoms with Gasteiger partial charge in [-0.05, 0) is 79.8 Å². The molecule has 20 nitrogen and oxygen atoms in total. The molecule has 4 heterocycles. The largest absolute Gasteiger partial charge is 0.394 e. The molecule has 4 aliphatic rings. The van der Waals surface area contributed by atoms with Crippen molar-refractivity contribution in [3.8, 4) is 0 Å². The number of aliphatic hydroxyl groups is 6. The van der Waals surface area contributed by atoms with Crippen LogP contribution < -0.4 is 11.3 Å². The van der Waals surface area contributed by atoms with E-state index < -0.39 is 77.5 Å². The van der Waals surface area contributed by atoms with E-state index in [0.717, 1.165) is 48.3 Å². The molecular weight excluding hydrogens is 982 g/mol. The van der Waals surface area contributed by atoms with Gasteiger partial charge in [0.05, 0.1) is 56.4 Å². The summed E-state index contributed by atoms with van der Waals surface area (Å²) in [6.45, 7) is 3.55. The molecule has 0 amide bonds. The van der Waals surface area contributed by atoms with E-state index in [-0.39, 0.29) is 80.2 Å².